The summed E-state index contributed by atoms with van der Waals surface area (Å²) in [5.74, 6) is 0.594. The highest BCUT2D eigenvalue weighted by Gasteiger charge is 2.58. The fraction of sp³-hybridized carbons (Fsp3) is 0.579. The second-order valence-corrected chi connectivity index (χ2v) is 6.80. The number of likely N-dealkylation sites (N-methyl/N-ethyl adjacent to an activating group) is 1. The molecule has 0 bridgehead atoms. The maximum atomic E-state index is 12.9. The molecule has 0 aromatic heterocycles. The van der Waals surface area contributed by atoms with Crippen LogP contribution in [0.3, 0.4) is 0 Å². The van der Waals surface area contributed by atoms with Gasteiger partial charge in [0.05, 0.1) is 7.11 Å². The third kappa shape index (κ3) is 3.63. The van der Waals surface area contributed by atoms with E-state index in [1.807, 2.05) is 29.2 Å². The van der Waals surface area contributed by atoms with Gasteiger partial charge in [-0.15, -0.1) is 0 Å². The van der Waals surface area contributed by atoms with Gasteiger partial charge in [-0.25, -0.2) is 0 Å². The molecule has 1 aromatic carbocycles. The number of ether oxygens (including phenoxy) is 1. The number of hydrogen-bond acceptors (Lipinski definition) is 4. The summed E-state index contributed by atoms with van der Waals surface area (Å²) in [6.07, 6.45) is 1.30. The largest absolute Gasteiger partial charge is 0.496 e. The highest BCUT2D eigenvalue weighted by atomic mass is 16.5. The minimum Gasteiger partial charge on any atom is -0.496 e. The summed E-state index contributed by atoms with van der Waals surface area (Å²) < 4.78 is 5.31. The van der Waals surface area contributed by atoms with Crippen molar-refractivity contribution < 1.29 is 14.3 Å². The van der Waals surface area contributed by atoms with Gasteiger partial charge in [0, 0.05) is 38.3 Å². The van der Waals surface area contributed by atoms with Crippen LogP contribution in [0.15, 0.2) is 24.3 Å². The van der Waals surface area contributed by atoms with Gasteiger partial charge < -0.3 is 19.9 Å². The van der Waals surface area contributed by atoms with Crippen LogP contribution in [0.25, 0.3) is 0 Å². The maximum Gasteiger partial charge on any atom is 0.238 e. The lowest BCUT2D eigenvalue weighted by Gasteiger charge is -2.35. The Morgan fingerprint density at radius 3 is 2.44 bits per heavy atom. The molecule has 1 aliphatic carbocycles. The van der Waals surface area contributed by atoms with Crippen molar-refractivity contribution >= 4 is 11.8 Å². The van der Waals surface area contributed by atoms with Crippen molar-refractivity contribution in [3.8, 4) is 5.75 Å². The highest BCUT2D eigenvalue weighted by molar-refractivity contribution is 6.07. The summed E-state index contributed by atoms with van der Waals surface area (Å²) in [6.45, 7) is 6.73. The van der Waals surface area contributed by atoms with Crippen LogP contribution in [0.4, 0.5) is 0 Å². The van der Waals surface area contributed by atoms with Crippen LogP contribution < -0.4 is 10.1 Å². The maximum absolute atomic E-state index is 12.9. The Labute approximate surface area is 149 Å². The number of benzene rings is 1. The molecule has 0 radical (unpaired) electrons. The molecule has 1 aliphatic heterocycles. The van der Waals surface area contributed by atoms with Gasteiger partial charge in [0.2, 0.25) is 11.8 Å². The minimum atomic E-state index is -0.837. The quantitative estimate of drug-likeness (QED) is 0.789. The van der Waals surface area contributed by atoms with Crippen molar-refractivity contribution in [1.29, 1.82) is 0 Å². The summed E-state index contributed by atoms with van der Waals surface area (Å²) in [7, 11) is 1.61. The van der Waals surface area contributed by atoms with Crippen LogP contribution in [0.2, 0.25) is 0 Å². The van der Waals surface area contributed by atoms with E-state index in [-0.39, 0.29) is 11.8 Å². The molecule has 1 aromatic rings. The van der Waals surface area contributed by atoms with Gasteiger partial charge in [-0.05, 0) is 25.5 Å². The number of amides is 2. The highest BCUT2D eigenvalue weighted by Crippen LogP contribution is 2.47. The second kappa shape index (κ2) is 7.44. The number of hydrogen-bond donors (Lipinski definition) is 1. The van der Waals surface area contributed by atoms with Crippen LogP contribution in [0.1, 0.15) is 25.3 Å². The molecule has 2 amide bonds. The fourth-order valence-electron chi connectivity index (χ4n) is 3.43. The first-order chi connectivity index (χ1) is 12.1. The molecular formula is C19H27N3O3. The standard InChI is InChI=1S/C19H27N3O3/c1-3-21-10-12-22(13-11-21)18(24)19(8-9-19)17(23)20-14-15-6-4-5-7-16(15)25-2/h4-7H,3,8-14H2,1-2H3,(H,20,23). The van der Waals surface area contributed by atoms with Crippen molar-refractivity contribution in [2.75, 3.05) is 39.8 Å². The van der Waals surface area contributed by atoms with E-state index in [4.69, 9.17) is 4.74 Å². The summed E-state index contributed by atoms with van der Waals surface area (Å²) in [5.41, 5.74) is 0.0781. The molecule has 3 rings (SSSR count). The zero-order chi connectivity index (χ0) is 17.9. The van der Waals surface area contributed by atoms with E-state index in [1.54, 1.807) is 7.11 Å². The summed E-state index contributed by atoms with van der Waals surface area (Å²) >= 11 is 0. The number of carbonyl (C=O) groups is 2. The third-order valence-electron chi connectivity index (χ3n) is 5.33. The second-order valence-electron chi connectivity index (χ2n) is 6.80. The van der Waals surface area contributed by atoms with Gasteiger partial charge >= 0.3 is 0 Å². The van der Waals surface area contributed by atoms with Gasteiger partial charge in [-0.3, -0.25) is 9.59 Å². The fourth-order valence-corrected chi connectivity index (χ4v) is 3.43. The lowest BCUT2D eigenvalue weighted by atomic mass is 10.0. The van der Waals surface area contributed by atoms with Crippen molar-refractivity contribution in [2.24, 2.45) is 5.41 Å². The number of nitrogens with one attached hydrogen (secondary N) is 1. The Balaban J connectivity index is 1.59. The minimum absolute atomic E-state index is 0.000722. The number of nitrogens with zero attached hydrogens (tertiary/aromatic N) is 2. The summed E-state index contributed by atoms with van der Waals surface area (Å²) in [6, 6.07) is 7.60. The number of piperazine rings is 1. The molecule has 1 N–H and O–H groups in total. The van der Waals surface area contributed by atoms with Crippen LogP contribution in [-0.2, 0) is 16.1 Å². The van der Waals surface area contributed by atoms with E-state index in [1.165, 1.54) is 0 Å². The average molecular weight is 345 g/mol. The lowest BCUT2D eigenvalue weighted by Crippen LogP contribution is -2.53. The van der Waals surface area contributed by atoms with Gasteiger partial charge in [0.15, 0.2) is 0 Å². The monoisotopic (exact) mass is 345 g/mol. The predicted molar refractivity (Wildman–Crippen MR) is 95.2 cm³/mol. The van der Waals surface area contributed by atoms with E-state index < -0.39 is 5.41 Å². The molecule has 136 valence electrons. The first kappa shape index (κ1) is 17.7. The first-order valence-electron chi connectivity index (χ1n) is 9.02. The first-order valence-corrected chi connectivity index (χ1v) is 9.02. The average Bonchev–Trinajstić information content (AvgIpc) is 3.47. The van der Waals surface area contributed by atoms with Gasteiger partial charge in [0.1, 0.15) is 11.2 Å². The molecule has 6 heteroatoms. The van der Waals surface area contributed by atoms with Gasteiger partial charge in [-0.1, -0.05) is 25.1 Å². The Morgan fingerprint density at radius 1 is 1.16 bits per heavy atom. The Morgan fingerprint density at radius 2 is 1.84 bits per heavy atom. The van der Waals surface area contributed by atoms with Crippen LogP contribution in [0, 0.1) is 5.41 Å². The lowest BCUT2D eigenvalue weighted by molar-refractivity contribution is -0.145. The van der Waals surface area contributed by atoms with Crippen LogP contribution in [-0.4, -0.2) is 61.4 Å². The van der Waals surface area contributed by atoms with E-state index in [9.17, 15) is 9.59 Å². The normalized spacial score (nSPS) is 19.4. The Hall–Kier alpha value is -2.08. The van der Waals surface area contributed by atoms with E-state index in [0.29, 0.717) is 32.5 Å². The molecule has 0 unspecified atom stereocenters. The van der Waals surface area contributed by atoms with Gasteiger partial charge in [0.25, 0.3) is 0 Å². The topological polar surface area (TPSA) is 61.9 Å². The molecule has 2 fully saturated rings. The number of methoxy groups -OCH3 is 1. The number of carbonyl (C=O) groups excluding carboxylic acids is 2. The molecule has 1 saturated carbocycles. The van der Waals surface area contributed by atoms with Crippen molar-refractivity contribution in [3.63, 3.8) is 0 Å². The molecule has 1 saturated heterocycles. The Bertz CT molecular complexity index is 635. The van der Waals surface area contributed by atoms with Crippen LogP contribution >= 0.6 is 0 Å². The smallest absolute Gasteiger partial charge is 0.238 e. The molecule has 6 nitrogen and oxygen atoms in total. The molecule has 25 heavy (non-hydrogen) atoms. The zero-order valence-electron chi connectivity index (χ0n) is 15.1. The predicted octanol–water partition coefficient (Wildman–Crippen LogP) is 1.26. The van der Waals surface area contributed by atoms with Crippen molar-refractivity contribution in [1.82, 2.24) is 15.1 Å². The Kier molecular flexibility index (Phi) is 5.27. The zero-order valence-corrected chi connectivity index (χ0v) is 15.1. The third-order valence-corrected chi connectivity index (χ3v) is 5.33. The molecule has 1 heterocycles. The number of para-hydroxylation sites is 1. The SMILES string of the molecule is CCN1CCN(C(=O)C2(C(=O)NCc3ccccc3OC)CC2)CC1. The summed E-state index contributed by atoms with van der Waals surface area (Å²) in [5, 5.41) is 2.94. The summed E-state index contributed by atoms with van der Waals surface area (Å²) in [4.78, 5) is 29.8. The van der Waals surface area contributed by atoms with E-state index >= 15 is 0 Å². The van der Waals surface area contributed by atoms with Crippen molar-refractivity contribution in [2.45, 2.75) is 26.3 Å². The number of rotatable bonds is 6. The van der Waals surface area contributed by atoms with Gasteiger partial charge in [-0.2, -0.15) is 0 Å². The molecule has 0 atom stereocenters. The van der Waals surface area contributed by atoms with E-state index in [2.05, 4.69) is 17.1 Å². The van der Waals surface area contributed by atoms with Crippen molar-refractivity contribution in [3.05, 3.63) is 29.8 Å². The van der Waals surface area contributed by atoms with Crippen LogP contribution in [0.5, 0.6) is 5.75 Å². The molecular weight excluding hydrogens is 318 g/mol. The molecule has 2 aliphatic rings. The van der Waals surface area contributed by atoms with E-state index in [0.717, 1.165) is 30.9 Å². The molecule has 0 spiro atoms.